The lowest BCUT2D eigenvalue weighted by Crippen LogP contribution is -2.28. The molecule has 0 atom stereocenters. The van der Waals surface area contributed by atoms with Crippen molar-refractivity contribution >= 4 is 25.7 Å². The molecule has 0 fully saturated rings. The Morgan fingerprint density at radius 1 is 1.17 bits per heavy atom. The molecule has 0 heterocycles. The maximum atomic E-state index is 5.75. The summed E-state index contributed by atoms with van der Waals surface area (Å²) in [7, 11) is -1.31. The second-order valence-corrected chi connectivity index (χ2v) is 10.8. The Bertz CT molecular complexity index is 472. The Balaban J connectivity index is 2.80. The average Bonchev–Trinajstić information content (AvgIpc) is 2.27. The lowest BCUT2D eigenvalue weighted by molar-refractivity contribution is 0.190. The minimum absolute atomic E-state index is 0.416. The Morgan fingerprint density at radius 2 is 1.72 bits per heavy atom. The van der Waals surface area contributed by atoms with Crippen LogP contribution in [0.15, 0.2) is 24.3 Å². The molecule has 0 N–H and O–H groups in total. The first kappa shape index (κ1) is 14.9. The quantitative estimate of drug-likeness (QED) is 0.467. The first-order chi connectivity index (χ1) is 8.22. The fourth-order valence-corrected chi connectivity index (χ4v) is 1.76. The molecule has 96 valence electrons. The first-order valence-corrected chi connectivity index (χ1v) is 9.98. The summed E-state index contributed by atoms with van der Waals surface area (Å²) in [6.45, 7) is 10.6. The molecule has 0 aliphatic rings. The van der Waals surface area contributed by atoms with E-state index in [-0.39, 0.29) is 0 Å². The number of ether oxygens (including phenoxy) is 1. The van der Waals surface area contributed by atoms with Gasteiger partial charge in [-0.3, -0.25) is 0 Å². The number of thiocarbonyl (C=S) groups is 1. The molecule has 0 saturated carbocycles. The predicted octanol–water partition coefficient (Wildman–Crippen LogP) is 4.07. The van der Waals surface area contributed by atoms with Crippen molar-refractivity contribution in [3.05, 3.63) is 29.8 Å². The second-order valence-electron chi connectivity index (χ2n) is 5.85. The van der Waals surface area contributed by atoms with E-state index >= 15 is 0 Å². The molecule has 3 heteroatoms. The van der Waals surface area contributed by atoms with E-state index in [1.807, 2.05) is 38.1 Å². The largest absolute Gasteiger partial charge is 0.483 e. The van der Waals surface area contributed by atoms with Gasteiger partial charge in [0.05, 0.1) is 0 Å². The SMILES string of the molecule is CC(C)(C=S)Oc1ccc(C#C[Si](C)(C)C)cc1. The lowest BCUT2D eigenvalue weighted by Gasteiger charge is -2.21. The number of hydrogen-bond acceptors (Lipinski definition) is 2. The number of hydrogen-bond donors (Lipinski definition) is 0. The summed E-state index contributed by atoms with van der Waals surface area (Å²) in [5.41, 5.74) is 3.96. The predicted molar refractivity (Wildman–Crippen MR) is 85.0 cm³/mol. The van der Waals surface area contributed by atoms with Gasteiger partial charge >= 0.3 is 0 Å². The van der Waals surface area contributed by atoms with E-state index in [2.05, 4.69) is 31.1 Å². The molecule has 0 amide bonds. The minimum atomic E-state index is -1.31. The Kier molecular flexibility index (Phi) is 4.72. The van der Waals surface area contributed by atoms with Crippen molar-refractivity contribution in [2.45, 2.75) is 39.1 Å². The van der Waals surface area contributed by atoms with Crippen molar-refractivity contribution in [1.29, 1.82) is 0 Å². The van der Waals surface area contributed by atoms with Crippen molar-refractivity contribution < 1.29 is 4.74 Å². The number of benzene rings is 1. The maximum Gasteiger partial charge on any atom is 0.132 e. The zero-order valence-corrected chi connectivity index (χ0v) is 13.5. The van der Waals surface area contributed by atoms with Gasteiger partial charge in [0.25, 0.3) is 0 Å². The van der Waals surface area contributed by atoms with Crippen molar-refractivity contribution in [3.8, 4) is 17.2 Å². The molecule has 0 spiro atoms. The molecule has 1 nitrogen and oxygen atoms in total. The minimum Gasteiger partial charge on any atom is -0.483 e. The fourth-order valence-electron chi connectivity index (χ4n) is 1.19. The van der Waals surface area contributed by atoms with Crippen LogP contribution in [-0.4, -0.2) is 19.0 Å². The van der Waals surface area contributed by atoms with Crippen LogP contribution in [0.1, 0.15) is 19.4 Å². The average molecular weight is 276 g/mol. The van der Waals surface area contributed by atoms with Crippen LogP contribution < -0.4 is 4.74 Å². The molecule has 0 bridgehead atoms. The zero-order chi connectivity index (χ0) is 13.8. The lowest BCUT2D eigenvalue weighted by atomic mass is 10.2. The molecule has 0 aliphatic heterocycles. The highest BCUT2D eigenvalue weighted by Crippen LogP contribution is 2.17. The summed E-state index contributed by atoms with van der Waals surface area (Å²) in [5.74, 6) is 4.04. The van der Waals surface area contributed by atoms with E-state index in [1.165, 1.54) is 0 Å². The maximum absolute atomic E-state index is 5.75. The van der Waals surface area contributed by atoms with Gasteiger partial charge in [-0.1, -0.05) is 37.8 Å². The van der Waals surface area contributed by atoms with Crippen molar-refractivity contribution in [3.63, 3.8) is 0 Å². The van der Waals surface area contributed by atoms with Crippen molar-refractivity contribution in [2.24, 2.45) is 0 Å². The van der Waals surface area contributed by atoms with Gasteiger partial charge in [-0.15, -0.1) is 5.54 Å². The zero-order valence-electron chi connectivity index (χ0n) is 11.7. The van der Waals surface area contributed by atoms with Gasteiger partial charge < -0.3 is 4.74 Å². The molecule has 0 aliphatic carbocycles. The van der Waals surface area contributed by atoms with Gasteiger partial charge in [0.1, 0.15) is 19.4 Å². The third-order valence-corrected chi connectivity index (χ3v) is 3.54. The van der Waals surface area contributed by atoms with Crippen LogP contribution >= 0.6 is 12.2 Å². The van der Waals surface area contributed by atoms with Gasteiger partial charge in [-0.05, 0) is 38.1 Å². The van der Waals surface area contributed by atoms with Gasteiger partial charge in [0.15, 0.2) is 0 Å². The molecule has 0 saturated heterocycles. The molecule has 0 radical (unpaired) electrons. The van der Waals surface area contributed by atoms with Crippen LogP contribution in [-0.2, 0) is 0 Å². The topological polar surface area (TPSA) is 9.23 Å². The summed E-state index contributed by atoms with van der Waals surface area (Å²) in [6, 6.07) is 7.85. The monoisotopic (exact) mass is 276 g/mol. The van der Waals surface area contributed by atoms with Gasteiger partial charge in [0, 0.05) is 10.9 Å². The first-order valence-electron chi connectivity index (χ1n) is 6.00. The van der Waals surface area contributed by atoms with Gasteiger partial charge in [-0.2, -0.15) is 0 Å². The molecule has 0 unspecified atom stereocenters. The van der Waals surface area contributed by atoms with Gasteiger partial charge in [-0.25, -0.2) is 0 Å². The van der Waals surface area contributed by atoms with E-state index in [4.69, 9.17) is 17.0 Å². The Morgan fingerprint density at radius 3 is 2.17 bits per heavy atom. The third kappa shape index (κ3) is 5.48. The van der Waals surface area contributed by atoms with Crippen LogP contribution in [0.5, 0.6) is 5.75 Å². The summed E-state index contributed by atoms with van der Waals surface area (Å²) < 4.78 is 5.75. The van der Waals surface area contributed by atoms with E-state index < -0.39 is 13.7 Å². The highest BCUT2D eigenvalue weighted by Gasteiger charge is 2.15. The van der Waals surface area contributed by atoms with E-state index in [1.54, 1.807) is 5.37 Å². The molecule has 1 aromatic rings. The highest BCUT2D eigenvalue weighted by atomic mass is 32.1. The molecule has 1 rings (SSSR count). The van der Waals surface area contributed by atoms with E-state index in [0.717, 1.165) is 11.3 Å². The molecular weight excluding hydrogens is 256 g/mol. The molecule has 18 heavy (non-hydrogen) atoms. The van der Waals surface area contributed by atoms with Crippen LogP contribution in [0.25, 0.3) is 0 Å². The standard InChI is InChI=1S/C15H20OSSi/c1-15(2,12-17)16-14-8-6-13(7-9-14)10-11-18(3,4)5/h6-9,12H,1-5H3. The van der Waals surface area contributed by atoms with Crippen molar-refractivity contribution in [1.82, 2.24) is 0 Å². The Labute approximate surface area is 117 Å². The normalized spacial score (nSPS) is 11.4. The van der Waals surface area contributed by atoms with Crippen LogP contribution in [0, 0.1) is 11.5 Å². The molecule has 1 aromatic carbocycles. The fraction of sp³-hybridized carbons (Fsp3) is 0.400. The van der Waals surface area contributed by atoms with Crippen molar-refractivity contribution in [2.75, 3.05) is 0 Å². The summed E-state index contributed by atoms with van der Waals surface area (Å²) in [4.78, 5) is 0. The van der Waals surface area contributed by atoms with E-state index in [9.17, 15) is 0 Å². The molecular formula is C15H20OSSi. The van der Waals surface area contributed by atoms with Crippen LogP contribution in [0.3, 0.4) is 0 Å². The van der Waals surface area contributed by atoms with Crippen LogP contribution in [0.2, 0.25) is 19.6 Å². The smallest absolute Gasteiger partial charge is 0.132 e. The van der Waals surface area contributed by atoms with Gasteiger partial charge in [0.2, 0.25) is 0 Å². The summed E-state index contributed by atoms with van der Waals surface area (Å²) in [5, 5.41) is 1.63. The number of rotatable bonds is 3. The van der Waals surface area contributed by atoms with E-state index in [0.29, 0.717) is 0 Å². The summed E-state index contributed by atoms with van der Waals surface area (Å²) in [6.07, 6.45) is 0. The third-order valence-electron chi connectivity index (χ3n) is 2.10. The second kappa shape index (κ2) is 5.68. The van der Waals surface area contributed by atoms with Crippen LogP contribution in [0.4, 0.5) is 0 Å². The molecule has 0 aromatic heterocycles. The Hall–Kier alpha value is -1.11. The summed E-state index contributed by atoms with van der Waals surface area (Å²) >= 11 is 4.93. The highest BCUT2D eigenvalue weighted by molar-refractivity contribution is 7.79.